The van der Waals surface area contributed by atoms with Crippen molar-refractivity contribution in [1.29, 1.82) is 0 Å². The van der Waals surface area contributed by atoms with E-state index in [4.69, 9.17) is 5.73 Å². The van der Waals surface area contributed by atoms with Crippen LogP contribution in [0.2, 0.25) is 0 Å². The van der Waals surface area contributed by atoms with Crippen molar-refractivity contribution in [3.05, 3.63) is 29.3 Å². The van der Waals surface area contributed by atoms with Crippen LogP contribution in [0, 0.1) is 13.8 Å². The summed E-state index contributed by atoms with van der Waals surface area (Å²) in [6.07, 6.45) is 3.45. The molecule has 0 saturated heterocycles. The van der Waals surface area contributed by atoms with Crippen molar-refractivity contribution in [2.45, 2.75) is 51.0 Å². The first-order valence-electron chi connectivity index (χ1n) is 6.09. The Bertz CT molecular complexity index is 323. The lowest BCUT2D eigenvalue weighted by molar-refractivity contribution is 0.589. The maximum Gasteiger partial charge on any atom is 0.0104 e. The minimum Gasteiger partial charge on any atom is -0.328 e. The van der Waals surface area contributed by atoms with E-state index < -0.39 is 0 Å². The van der Waals surface area contributed by atoms with Gasteiger partial charge in [-0.15, -0.1) is 11.8 Å². The molecular formula is C14H23NS. The smallest absolute Gasteiger partial charge is 0.0104 e. The summed E-state index contributed by atoms with van der Waals surface area (Å²) in [6, 6.07) is 7.04. The van der Waals surface area contributed by atoms with Crippen molar-refractivity contribution in [3.63, 3.8) is 0 Å². The number of aryl methyl sites for hydroxylation is 2. The monoisotopic (exact) mass is 237 g/mol. The first-order chi connectivity index (χ1) is 7.63. The molecule has 2 heteroatoms. The minimum absolute atomic E-state index is 0.388. The highest BCUT2D eigenvalue weighted by molar-refractivity contribution is 7.99. The highest BCUT2D eigenvalue weighted by Gasteiger charge is 2.01. The minimum atomic E-state index is 0.388. The van der Waals surface area contributed by atoms with Crippen LogP contribution in [0.1, 0.15) is 37.3 Å². The van der Waals surface area contributed by atoms with Gasteiger partial charge in [0.05, 0.1) is 0 Å². The first kappa shape index (κ1) is 13.6. The Morgan fingerprint density at radius 3 is 2.75 bits per heavy atom. The van der Waals surface area contributed by atoms with Gasteiger partial charge in [0.15, 0.2) is 0 Å². The van der Waals surface area contributed by atoms with Crippen molar-refractivity contribution < 1.29 is 0 Å². The molecule has 0 radical (unpaired) electrons. The maximum absolute atomic E-state index is 5.90. The van der Waals surface area contributed by atoms with E-state index in [9.17, 15) is 0 Å². The number of hydrogen-bond donors (Lipinski definition) is 1. The predicted octanol–water partition coefficient (Wildman–Crippen LogP) is 3.91. The van der Waals surface area contributed by atoms with Crippen LogP contribution in [-0.4, -0.2) is 11.8 Å². The van der Waals surface area contributed by atoms with Crippen LogP contribution in [0.25, 0.3) is 0 Å². The van der Waals surface area contributed by atoms with Crippen LogP contribution in [-0.2, 0) is 0 Å². The van der Waals surface area contributed by atoms with Gasteiger partial charge in [-0.2, -0.15) is 0 Å². The fourth-order valence-electron chi connectivity index (χ4n) is 1.59. The van der Waals surface area contributed by atoms with Gasteiger partial charge < -0.3 is 5.73 Å². The van der Waals surface area contributed by atoms with Crippen molar-refractivity contribution in [1.82, 2.24) is 0 Å². The Labute approximate surface area is 104 Å². The van der Waals surface area contributed by atoms with Crippen molar-refractivity contribution in [2.75, 3.05) is 5.75 Å². The van der Waals surface area contributed by atoms with E-state index in [0.29, 0.717) is 6.04 Å². The number of thioether (sulfide) groups is 1. The Kier molecular flexibility index (Phi) is 5.93. The van der Waals surface area contributed by atoms with Gasteiger partial charge >= 0.3 is 0 Å². The molecular weight excluding hydrogens is 214 g/mol. The predicted molar refractivity (Wildman–Crippen MR) is 74.1 cm³/mol. The second-order valence-electron chi connectivity index (χ2n) is 4.43. The summed E-state index contributed by atoms with van der Waals surface area (Å²) in [5, 5.41) is 0. The van der Waals surface area contributed by atoms with Gasteiger partial charge in [-0.25, -0.2) is 0 Å². The Morgan fingerprint density at radius 2 is 2.06 bits per heavy atom. The number of benzene rings is 1. The number of nitrogens with two attached hydrogens (primary N) is 1. The Morgan fingerprint density at radius 1 is 1.31 bits per heavy atom. The van der Waals surface area contributed by atoms with Crippen LogP contribution in [0.4, 0.5) is 0 Å². The van der Waals surface area contributed by atoms with Crippen LogP contribution >= 0.6 is 11.8 Å². The summed E-state index contributed by atoms with van der Waals surface area (Å²) in [5.74, 6) is 1.18. The summed E-state index contributed by atoms with van der Waals surface area (Å²) in [7, 11) is 0. The van der Waals surface area contributed by atoms with Crippen molar-refractivity contribution in [2.24, 2.45) is 5.73 Å². The summed E-state index contributed by atoms with van der Waals surface area (Å²) < 4.78 is 0. The van der Waals surface area contributed by atoms with E-state index in [0.717, 1.165) is 12.8 Å². The normalized spacial score (nSPS) is 12.8. The average molecular weight is 237 g/mol. The highest BCUT2D eigenvalue weighted by Crippen LogP contribution is 2.24. The molecule has 0 amide bonds. The largest absolute Gasteiger partial charge is 0.328 e. The molecule has 1 atom stereocenters. The van der Waals surface area contributed by atoms with Gasteiger partial charge in [-0.05, 0) is 50.5 Å². The van der Waals surface area contributed by atoms with E-state index in [1.165, 1.54) is 28.2 Å². The molecule has 0 aliphatic heterocycles. The molecule has 0 bridgehead atoms. The van der Waals surface area contributed by atoms with E-state index in [1.54, 1.807) is 0 Å². The van der Waals surface area contributed by atoms with Crippen LogP contribution < -0.4 is 5.73 Å². The Balaban J connectivity index is 2.34. The van der Waals surface area contributed by atoms with Crippen LogP contribution in [0.3, 0.4) is 0 Å². The molecule has 0 spiro atoms. The van der Waals surface area contributed by atoms with Crippen LogP contribution in [0.15, 0.2) is 23.1 Å². The van der Waals surface area contributed by atoms with Gasteiger partial charge in [-0.3, -0.25) is 0 Å². The van der Waals surface area contributed by atoms with Gasteiger partial charge in [0, 0.05) is 10.9 Å². The first-order valence-corrected chi connectivity index (χ1v) is 7.07. The van der Waals surface area contributed by atoms with Gasteiger partial charge in [-0.1, -0.05) is 24.6 Å². The zero-order valence-corrected chi connectivity index (χ0v) is 11.4. The second kappa shape index (κ2) is 6.97. The summed E-state index contributed by atoms with van der Waals surface area (Å²) in [5.41, 5.74) is 8.63. The zero-order chi connectivity index (χ0) is 12.0. The molecule has 1 aromatic rings. The molecule has 16 heavy (non-hydrogen) atoms. The summed E-state index contributed by atoms with van der Waals surface area (Å²) in [4.78, 5) is 1.42. The molecule has 0 saturated carbocycles. The van der Waals surface area contributed by atoms with Gasteiger partial charge in [0.1, 0.15) is 0 Å². The second-order valence-corrected chi connectivity index (χ2v) is 5.56. The van der Waals surface area contributed by atoms with Gasteiger partial charge in [0.25, 0.3) is 0 Å². The van der Waals surface area contributed by atoms with Gasteiger partial charge in [0.2, 0.25) is 0 Å². The third kappa shape index (κ3) is 4.58. The topological polar surface area (TPSA) is 26.0 Å². The molecule has 1 rings (SSSR count). The summed E-state index contributed by atoms with van der Waals surface area (Å²) in [6.45, 7) is 6.48. The fourth-order valence-corrected chi connectivity index (χ4v) is 2.69. The van der Waals surface area contributed by atoms with E-state index >= 15 is 0 Å². The highest BCUT2D eigenvalue weighted by atomic mass is 32.2. The van der Waals surface area contributed by atoms with E-state index in [-0.39, 0.29) is 0 Å². The third-order valence-electron chi connectivity index (χ3n) is 2.84. The zero-order valence-electron chi connectivity index (χ0n) is 10.6. The molecule has 1 nitrogen and oxygen atoms in total. The van der Waals surface area contributed by atoms with Crippen molar-refractivity contribution >= 4 is 11.8 Å². The molecule has 2 N–H and O–H groups in total. The van der Waals surface area contributed by atoms with E-state index in [1.807, 2.05) is 11.8 Å². The molecule has 0 aliphatic carbocycles. The maximum atomic E-state index is 5.90. The lowest BCUT2D eigenvalue weighted by Crippen LogP contribution is -2.18. The lowest BCUT2D eigenvalue weighted by atomic mass is 10.1. The molecule has 0 aromatic heterocycles. The third-order valence-corrected chi connectivity index (χ3v) is 4.09. The molecule has 0 fully saturated rings. The quantitative estimate of drug-likeness (QED) is 0.599. The lowest BCUT2D eigenvalue weighted by Gasteiger charge is -2.09. The standard InChI is InChI=1S/C14H23NS/c1-4-13(15)6-5-9-16-14-10-11(2)7-8-12(14)3/h7-8,10,13H,4-6,9,15H2,1-3H3. The van der Waals surface area contributed by atoms with E-state index in [2.05, 4.69) is 39.0 Å². The fraction of sp³-hybridized carbons (Fsp3) is 0.571. The molecule has 1 unspecified atom stereocenters. The average Bonchev–Trinajstić information content (AvgIpc) is 2.28. The molecule has 90 valence electrons. The Hall–Kier alpha value is -0.470. The van der Waals surface area contributed by atoms with Crippen molar-refractivity contribution in [3.8, 4) is 0 Å². The number of hydrogen-bond acceptors (Lipinski definition) is 2. The molecule has 0 aliphatic rings. The SMILES string of the molecule is CCC(N)CCCSc1cc(C)ccc1C. The number of rotatable bonds is 6. The molecule has 1 aromatic carbocycles. The van der Waals surface area contributed by atoms with Crippen LogP contribution in [0.5, 0.6) is 0 Å². The summed E-state index contributed by atoms with van der Waals surface area (Å²) >= 11 is 1.96. The molecule has 0 heterocycles.